The van der Waals surface area contributed by atoms with Crippen molar-refractivity contribution in [3.05, 3.63) is 50.9 Å². The molecule has 0 saturated heterocycles. The van der Waals surface area contributed by atoms with Gasteiger partial charge >= 0.3 is 5.97 Å². The molecule has 0 atom stereocenters. The van der Waals surface area contributed by atoms with Gasteiger partial charge in [-0.3, -0.25) is 4.79 Å². The van der Waals surface area contributed by atoms with Crippen LogP contribution in [-0.4, -0.2) is 18.5 Å². The second-order valence-corrected chi connectivity index (χ2v) is 7.79. The molecule has 0 saturated carbocycles. The molecule has 1 aliphatic carbocycles. The van der Waals surface area contributed by atoms with E-state index in [0.717, 1.165) is 36.8 Å². The van der Waals surface area contributed by atoms with Crippen molar-refractivity contribution in [2.24, 2.45) is 0 Å². The maximum atomic E-state index is 12.4. The fourth-order valence-electron chi connectivity index (χ4n) is 3.21. The number of thiophene rings is 1. The molecule has 3 rings (SSSR count). The molecule has 1 amide bonds. The lowest BCUT2D eigenvalue weighted by Crippen LogP contribution is -2.16. The quantitative estimate of drug-likeness (QED) is 0.702. The van der Waals surface area contributed by atoms with Crippen LogP contribution in [-0.2, 0) is 28.8 Å². The van der Waals surface area contributed by atoms with Crippen LogP contribution >= 0.6 is 22.9 Å². The lowest BCUT2D eigenvalue weighted by Gasteiger charge is -2.12. The number of esters is 1. The highest BCUT2D eigenvalue weighted by Gasteiger charge is 2.27. The van der Waals surface area contributed by atoms with E-state index >= 15 is 0 Å². The van der Waals surface area contributed by atoms with Gasteiger partial charge in [0, 0.05) is 16.3 Å². The van der Waals surface area contributed by atoms with Crippen LogP contribution in [0.2, 0.25) is 5.02 Å². The Morgan fingerprint density at radius 1 is 1.23 bits per heavy atom. The third-order valence-corrected chi connectivity index (χ3v) is 6.06. The molecule has 1 N–H and O–H groups in total. The summed E-state index contributed by atoms with van der Waals surface area (Å²) in [4.78, 5) is 26.1. The highest BCUT2D eigenvalue weighted by Crippen LogP contribution is 2.38. The van der Waals surface area contributed by atoms with E-state index in [1.54, 1.807) is 6.92 Å². The van der Waals surface area contributed by atoms with Gasteiger partial charge < -0.3 is 10.1 Å². The minimum atomic E-state index is -0.340. The van der Waals surface area contributed by atoms with Gasteiger partial charge in [-0.2, -0.15) is 0 Å². The number of hydrogen-bond donors (Lipinski definition) is 1. The van der Waals surface area contributed by atoms with Crippen molar-refractivity contribution < 1.29 is 14.3 Å². The van der Waals surface area contributed by atoms with Gasteiger partial charge in [0.2, 0.25) is 5.91 Å². The van der Waals surface area contributed by atoms with E-state index in [0.29, 0.717) is 35.0 Å². The smallest absolute Gasteiger partial charge is 0.341 e. The van der Waals surface area contributed by atoms with Crippen LogP contribution in [0.15, 0.2) is 24.3 Å². The number of ether oxygens (including phenoxy) is 1. The molecule has 0 radical (unpaired) electrons. The summed E-state index contributed by atoms with van der Waals surface area (Å²) in [5, 5.41) is 4.22. The molecule has 0 fully saturated rings. The lowest BCUT2D eigenvalue weighted by molar-refractivity contribution is -0.116. The Balaban J connectivity index is 1.74. The van der Waals surface area contributed by atoms with Crippen molar-refractivity contribution in [1.29, 1.82) is 0 Å². The normalized spacial score (nSPS) is 13.2. The minimum absolute atomic E-state index is 0.117. The predicted octanol–water partition coefficient (Wildman–Crippen LogP) is 5.03. The largest absolute Gasteiger partial charge is 0.462 e. The second kappa shape index (κ2) is 8.69. The number of aryl methyl sites for hydroxylation is 2. The van der Waals surface area contributed by atoms with Crippen LogP contribution in [0.1, 0.15) is 52.5 Å². The Labute approximate surface area is 162 Å². The van der Waals surface area contributed by atoms with E-state index in [9.17, 15) is 9.59 Å². The molecule has 26 heavy (non-hydrogen) atoms. The van der Waals surface area contributed by atoms with E-state index in [4.69, 9.17) is 16.3 Å². The molecule has 6 heteroatoms. The van der Waals surface area contributed by atoms with Gasteiger partial charge in [0.05, 0.1) is 12.2 Å². The highest BCUT2D eigenvalue weighted by atomic mass is 35.5. The standard InChI is InChI=1S/C20H22ClNO3S/c1-2-25-20(24)18-14-8-4-6-10-16(14)26-19(18)22-17(23)12-11-13-7-3-5-9-15(13)21/h3,5,7,9H,2,4,6,8,10-12H2,1H3,(H,22,23). The molecule has 0 aliphatic heterocycles. The third-order valence-electron chi connectivity index (χ3n) is 4.48. The van der Waals surface area contributed by atoms with Gasteiger partial charge in [0.25, 0.3) is 0 Å². The lowest BCUT2D eigenvalue weighted by atomic mass is 9.95. The second-order valence-electron chi connectivity index (χ2n) is 6.28. The maximum absolute atomic E-state index is 12.4. The number of anilines is 1. The van der Waals surface area contributed by atoms with Gasteiger partial charge in [-0.1, -0.05) is 29.8 Å². The Hall–Kier alpha value is -1.85. The molecular formula is C20H22ClNO3S. The monoisotopic (exact) mass is 391 g/mol. The summed E-state index contributed by atoms with van der Waals surface area (Å²) in [6.45, 7) is 2.11. The van der Waals surface area contributed by atoms with Gasteiger partial charge in [0.15, 0.2) is 0 Å². The van der Waals surface area contributed by atoms with Crippen molar-refractivity contribution in [2.75, 3.05) is 11.9 Å². The van der Waals surface area contributed by atoms with Gasteiger partial charge in [0.1, 0.15) is 5.00 Å². The number of halogens is 1. The van der Waals surface area contributed by atoms with Gasteiger partial charge in [-0.25, -0.2) is 4.79 Å². The summed E-state index contributed by atoms with van der Waals surface area (Å²) >= 11 is 7.66. The number of rotatable bonds is 6. The van der Waals surface area contributed by atoms with Crippen LogP contribution in [0.5, 0.6) is 0 Å². The predicted molar refractivity (Wildman–Crippen MR) is 105 cm³/mol. The average molecular weight is 392 g/mol. The summed E-state index contributed by atoms with van der Waals surface area (Å²) < 4.78 is 5.22. The number of nitrogens with one attached hydrogen (secondary N) is 1. The summed E-state index contributed by atoms with van der Waals surface area (Å²) in [5.41, 5.74) is 2.55. The zero-order chi connectivity index (χ0) is 18.5. The summed E-state index contributed by atoms with van der Waals surface area (Å²) in [6, 6.07) is 7.52. The first-order valence-electron chi connectivity index (χ1n) is 8.95. The summed E-state index contributed by atoms with van der Waals surface area (Å²) in [5.74, 6) is -0.456. The highest BCUT2D eigenvalue weighted by molar-refractivity contribution is 7.17. The van der Waals surface area contributed by atoms with Gasteiger partial charge in [-0.05, 0) is 56.2 Å². The molecule has 1 aliphatic rings. The van der Waals surface area contributed by atoms with Crippen LogP contribution < -0.4 is 5.32 Å². The zero-order valence-corrected chi connectivity index (χ0v) is 16.3. The van der Waals surface area contributed by atoms with Crippen molar-refractivity contribution in [2.45, 2.75) is 45.4 Å². The Kier molecular flexibility index (Phi) is 6.33. The van der Waals surface area contributed by atoms with Gasteiger partial charge in [-0.15, -0.1) is 11.3 Å². The van der Waals surface area contributed by atoms with Crippen molar-refractivity contribution in [3.8, 4) is 0 Å². The van der Waals surface area contributed by atoms with Crippen LogP contribution in [0, 0.1) is 0 Å². The van der Waals surface area contributed by atoms with Crippen molar-refractivity contribution in [3.63, 3.8) is 0 Å². The average Bonchev–Trinajstić information content (AvgIpc) is 2.99. The fourth-order valence-corrected chi connectivity index (χ4v) is 4.74. The molecule has 0 bridgehead atoms. The van der Waals surface area contributed by atoms with Crippen molar-refractivity contribution in [1.82, 2.24) is 0 Å². The molecule has 1 aromatic heterocycles. The maximum Gasteiger partial charge on any atom is 0.341 e. The summed E-state index contributed by atoms with van der Waals surface area (Å²) in [6.07, 6.45) is 4.89. The molecule has 4 nitrogen and oxygen atoms in total. The molecule has 1 heterocycles. The Bertz CT molecular complexity index is 815. The van der Waals surface area contributed by atoms with E-state index in [2.05, 4.69) is 5.32 Å². The third kappa shape index (κ3) is 4.27. The Morgan fingerprint density at radius 3 is 2.77 bits per heavy atom. The topological polar surface area (TPSA) is 55.4 Å². The molecule has 2 aromatic rings. The van der Waals surface area contributed by atoms with Crippen LogP contribution in [0.25, 0.3) is 0 Å². The number of carbonyl (C=O) groups is 2. The van der Waals surface area contributed by atoms with E-state index < -0.39 is 0 Å². The molecule has 0 unspecified atom stereocenters. The number of carbonyl (C=O) groups excluding carboxylic acids is 2. The molecular weight excluding hydrogens is 370 g/mol. The number of benzene rings is 1. The number of fused-ring (bicyclic) bond motifs is 1. The minimum Gasteiger partial charge on any atom is -0.462 e. The number of amides is 1. The Morgan fingerprint density at radius 2 is 2.00 bits per heavy atom. The first kappa shape index (κ1) is 18.9. The fraction of sp³-hybridized carbons (Fsp3) is 0.400. The SMILES string of the molecule is CCOC(=O)c1c(NC(=O)CCc2ccccc2Cl)sc2c1CCCC2. The summed E-state index contributed by atoms with van der Waals surface area (Å²) in [7, 11) is 0. The molecule has 0 spiro atoms. The molecule has 1 aromatic carbocycles. The van der Waals surface area contributed by atoms with E-state index in [1.807, 2.05) is 24.3 Å². The first-order chi connectivity index (χ1) is 12.6. The first-order valence-corrected chi connectivity index (χ1v) is 10.1. The zero-order valence-electron chi connectivity index (χ0n) is 14.8. The van der Waals surface area contributed by atoms with Crippen molar-refractivity contribution >= 4 is 39.8 Å². The molecule has 138 valence electrons. The van der Waals surface area contributed by atoms with Crippen LogP contribution in [0.4, 0.5) is 5.00 Å². The van der Waals surface area contributed by atoms with Crippen LogP contribution in [0.3, 0.4) is 0 Å². The van der Waals surface area contributed by atoms with E-state index in [1.165, 1.54) is 16.2 Å². The number of hydrogen-bond acceptors (Lipinski definition) is 4. The van der Waals surface area contributed by atoms with E-state index in [-0.39, 0.29) is 11.9 Å².